The third kappa shape index (κ3) is 0.0228. The Morgan fingerprint density at radius 3 is 1.25 bits per heavy atom. The van der Waals surface area contributed by atoms with Crippen LogP contribution in [0.4, 0.5) is 0 Å². The van der Waals surface area contributed by atoms with Crippen molar-refractivity contribution in [3.8, 4) is 0 Å². The van der Waals surface area contributed by atoms with Crippen LogP contribution in [-0.4, -0.2) is 14.6 Å². The van der Waals surface area contributed by atoms with E-state index in [2.05, 4.69) is 14.6 Å². The average Bonchev–Trinajstić information content (AvgIpc) is 1.36. The average molecular weight is 45.6 g/mol. The number of rotatable bonds is 0. The Balaban J connectivity index is 2.77. The van der Waals surface area contributed by atoms with Gasteiger partial charge in [-0.05, 0) is 0 Å². The molecule has 2 rings (SSSR count). The van der Waals surface area contributed by atoms with E-state index in [0.29, 0.717) is 0 Å². The number of hydrogen-bond donors (Lipinski definition) is 0. The highest BCUT2D eigenvalue weighted by atomic mass is 14.0. The van der Waals surface area contributed by atoms with Gasteiger partial charge in [-0.1, -0.05) is 0 Å². The largest absolute Gasteiger partial charge is 0.153 e. The van der Waals surface area contributed by atoms with Crippen LogP contribution in [0.25, 0.3) is 0 Å². The molecule has 2 heteroatoms. The summed E-state index contributed by atoms with van der Waals surface area (Å²) in [5.74, 6) is 0. The lowest BCUT2D eigenvalue weighted by atomic mass is 9.55. The molecule has 2 radical (unpaired) electrons. The van der Waals surface area contributed by atoms with Gasteiger partial charge < -0.3 is 0 Å². The van der Waals surface area contributed by atoms with Crippen molar-refractivity contribution < 1.29 is 0 Å². The smallest absolute Gasteiger partial charge is 0.153 e. The molecule has 4 heavy (non-hydrogen) atoms. The minimum Gasteiger partial charge on any atom is -0.153 e. The van der Waals surface area contributed by atoms with Crippen LogP contribution >= 0.6 is 0 Å². The molecular formula is C2B2. The van der Waals surface area contributed by atoms with Crippen LogP contribution in [0.3, 0.4) is 0 Å². The highest BCUT2D eigenvalue weighted by Gasteiger charge is 2.36. The minimum atomic E-state index is 1.50. The Morgan fingerprint density at radius 1 is 1.00 bits per heavy atom. The number of hydrogen-bond acceptors (Lipinski definition) is 0. The van der Waals surface area contributed by atoms with E-state index in [1.54, 1.807) is 0 Å². The van der Waals surface area contributed by atoms with Gasteiger partial charge >= 0.3 is 0 Å². The molecule has 0 nitrogen and oxygen atoms in total. The maximum absolute atomic E-state index is 2.17. The fourth-order valence-corrected chi connectivity index (χ4v) is 0.250. The molecule has 0 aromatic heterocycles. The summed E-state index contributed by atoms with van der Waals surface area (Å²) in [4.78, 5) is 0. The minimum absolute atomic E-state index is 1.50. The fraction of sp³-hybridized carbons (Fsp3) is 0. The second kappa shape index (κ2) is 0.162. The van der Waals surface area contributed by atoms with Crippen LogP contribution in [0.1, 0.15) is 0 Å². The Hall–Kier alpha value is -0.130. The zero-order chi connectivity index (χ0) is 2.57. The Bertz CT molecular complexity index is 72.2. The van der Waals surface area contributed by atoms with E-state index < -0.39 is 0 Å². The topological polar surface area (TPSA) is 0 Å². The van der Waals surface area contributed by atoms with Gasteiger partial charge in [0.25, 0.3) is 0 Å². The third-order valence-electron chi connectivity index (χ3n) is 0.789. The normalized spacial score (nSPS) is 26.0. The van der Waals surface area contributed by atoms with Crippen LogP contribution in [-0.2, 0) is 0 Å². The predicted molar refractivity (Wildman–Crippen MR) is 18.5 cm³/mol. The van der Waals surface area contributed by atoms with Crippen LogP contribution in [0.5, 0.6) is 0 Å². The maximum Gasteiger partial charge on any atom is 0.153 e. The molecule has 0 saturated heterocycles. The monoisotopic (exact) mass is 46.0 g/mol. The van der Waals surface area contributed by atoms with Crippen molar-refractivity contribution in [2.24, 2.45) is 0 Å². The summed E-state index contributed by atoms with van der Waals surface area (Å²) in [7, 11) is 4.33. The molecule has 0 unspecified atom stereocenters. The standard InChI is InChI=1S/C2B2/c3-1-2(3)4-1. The van der Waals surface area contributed by atoms with Crippen LogP contribution < -0.4 is 0 Å². The van der Waals surface area contributed by atoms with Crippen molar-refractivity contribution in [3.63, 3.8) is 0 Å². The molecule has 0 aromatic carbocycles. The van der Waals surface area contributed by atoms with Gasteiger partial charge in [-0.3, -0.25) is 0 Å². The van der Waals surface area contributed by atoms with Crippen molar-refractivity contribution in [3.05, 3.63) is 10.7 Å². The van der Waals surface area contributed by atoms with Crippen molar-refractivity contribution in [1.82, 2.24) is 0 Å². The van der Waals surface area contributed by atoms with E-state index in [4.69, 9.17) is 0 Å². The lowest BCUT2D eigenvalue weighted by Crippen LogP contribution is -1.85. The van der Waals surface area contributed by atoms with Crippen LogP contribution in [0, 0.1) is 0 Å². The second-order valence-electron chi connectivity index (χ2n) is 1.20. The Kier molecular flexibility index (Phi) is 0.0544. The highest BCUT2D eigenvalue weighted by Crippen LogP contribution is 2.34. The quantitative estimate of drug-likeness (QED) is 0.324. The zero-order valence-electron chi connectivity index (χ0n) is 2.15. The Morgan fingerprint density at radius 2 is 1.25 bits per heavy atom. The summed E-state index contributed by atoms with van der Waals surface area (Å²) in [5.41, 5.74) is 0. The highest BCUT2D eigenvalue weighted by molar-refractivity contribution is 7.13. The first-order valence-electron chi connectivity index (χ1n) is 1.40. The first-order chi connectivity index (χ1) is 1.97. The first kappa shape index (κ1) is 1.34. The summed E-state index contributed by atoms with van der Waals surface area (Å²) in [6.07, 6.45) is 0. The van der Waals surface area contributed by atoms with Crippen LogP contribution in [0.15, 0.2) is 10.7 Å². The molecule has 0 aromatic rings. The molecule has 2 aliphatic rings. The summed E-state index contributed by atoms with van der Waals surface area (Å²) in [6, 6.07) is 0. The molecule has 0 saturated carbocycles. The van der Waals surface area contributed by atoms with Crippen LogP contribution in [0.2, 0.25) is 0 Å². The summed E-state index contributed by atoms with van der Waals surface area (Å²) in [5, 5.41) is 3.00. The van der Waals surface area contributed by atoms with Gasteiger partial charge in [-0.2, -0.15) is 10.7 Å². The maximum atomic E-state index is 2.17. The predicted octanol–water partition coefficient (Wildman–Crippen LogP) is -0.451. The van der Waals surface area contributed by atoms with Gasteiger partial charge in [0.1, 0.15) is 0 Å². The second-order valence-corrected chi connectivity index (χ2v) is 1.20. The van der Waals surface area contributed by atoms with Crippen molar-refractivity contribution in [2.75, 3.05) is 0 Å². The third-order valence-corrected chi connectivity index (χ3v) is 0.789. The molecule has 14 valence electrons. The summed E-state index contributed by atoms with van der Waals surface area (Å²) < 4.78 is 0. The first-order valence-corrected chi connectivity index (χ1v) is 1.40. The molecular weight excluding hydrogens is 45.6 g/mol. The fourth-order valence-electron chi connectivity index (χ4n) is 0.250. The van der Waals surface area contributed by atoms with E-state index in [1.807, 2.05) is 0 Å². The van der Waals surface area contributed by atoms with Gasteiger partial charge in [-0.25, -0.2) is 0 Å². The molecule has 2 aliphatic heterocycles. The van der Waals surface area contributed by atoms with Gasteiger partial charge in [0, 0.05) is 0 Å². The van der Waals surface area contributed by atoms with E-state index in [1.165, 1.54) is 10.7 Å². The summed E-state index contributed by atoms with van der Waals surface area (Å²) >= 11 is 0. The summed E-state index contributed by atoms with van der Waals surface area (Å²) in [6.45, 7) is 0. The lowest BCUT2D eigenvalue weighted by molar-refractivity contribution is 2.81. The Labute approximate surface area is 26.4 Å². The molecule has 0 bridgehead atoms. The zero-order valence-corrected chi connectivity index (χ0v) is 2.15. The van der Waals surface area contributed by atoms with Crippen molar-refractivity contribution >= 4 is 14.6 Å². The molecule has 0 spiro atoms. The van der Waals surface area contributed by atoms with Gasteiger partial charge in [-0.15, -0.1) is 0 Å². The van der Waals surface area contributed by atoms with E-state index in [0.717, 1.165) is 0 Å². The molecule has 0 atom stereocenters. The van der Waals surface area contributed by atoms with Gasteiger partial charge in [0.15, 0.2) is 14.6 Å². The van der Waals surface area contributed by atoms with Crippen molar-refractivity contribution in [2.45, 2.75) is 0 Å². The molecule has 0 N–H and O–H groups in total. The van der Waals surface area contributed by atoms with E-state index in [9.17, 15) is 0 Å². The van der Waals surface area contributed by atoms with Gasteiger partial charge in [0.2, 0.25) is 0 Å². The molecule has 2 heterocycles. The van der Waals surface area contributed by atoms with Gasteiger partial charge in [0.05, 0.1) is 0 Å². The molecule has 0 amide bonds. The van der Waals surface area contributed by atoms with E-state index in [-0.39, 0.29) is 0 Å². The molecule has 0 fully saturated rings. The SMILES string of the molecule is [B]1C2=C1[B]2. The molecule has 0 aliphatic carbocycles. The van der Waals surface area contributed by atoms with Crippen molar-refractivity contribution in [1.29, 1.82) is 0 Å². The lowest BCUT2D eigenvalue weighted by Gasteiger charge is -1.66. The van der Waals surface area contributed by atoms with E-state index >= 15 is 0 Å².